The lowest BCUT2D eigenvalue weighted by molar-refractivity contribution is -0.192. The molecule has 234 valence electrons. The molecular formula is C25H30F3N7O7S. The first-order chi connectivity index (χ1) is 20.0. The van der Waals surface area contributed by atoms with E-state index in [1.54, 1.807) is 31.2 Å². The van der Waals surface area contributed by atoms with Crippen LogP contribution in [0.4, 0.5) is 24.5 Å². The van der Waals surface area contributed by atoms with Gasteiger partial charge in [0.1, 0.15) is 18.8 Å². The van der Waals surface area contributed by atoms with Gasteiger partial charge in [0, 0.05) is 36.2 Å². The Hall–Kier alpha value is -5.00. The summed E-state index contributed by atoms with van der Waals surface area (Å²) in [6.07, 6.45) is -5.08. The maximum absolute atomic E-state index is 13.3. The number of alkyl halides is 3. The molecule has 0 aliphatic rings. The SMILES string of the molecule is Cc1ccc(NS(=O)(=O)c2cccc3c(N(C)C)cccc23)c(=O)n1CC(=O)NCCON=C(N)N.O=C(O)C(F)(F)F. The quantitative estimate of drug-likeness (QED) is 0.0934. The molecule has 3 aromatic rings. The number of rotatable bonds is 10. The van der Waals surface area contributed by atoms with Crippen LogP contribution in [0.5, 0.6) is 0 Å². The lowest BCUT2D eigenvalue weighted by Gasteiger charge is -2.17. The molecule has 1 aromatic heterocycles. The van der Waals surface area contributed by atoms with Crippen molar-refractivity contribution in [1.82, 2.24) is 9.88 Å². The number of nitrogens with one attached hydrogen (secondary N) is 2. The van der Waals surface area contributed by atoms with Crippen molar-refractivity contribution in [2.75, 3.05) is 36.9 Å². The second-order valence-corrected chi connectivity index (χ2v) is 10.6. The number of anilines is 2. The van der Waals surface area contributed by atoms with E-state index in [9.17, 15) is 31.2 Å². The molecule has 3 rings (SSSR count). The van der Waals surface area contributed by atoms with Gasteiger partial charge in [-0.15, -0.1) is 0 Å². The summed E-state index contributed by atoms with van der Waals surface area (Å²) in [5.41, 5.74) is 10.8. The van der Waals surface area contributed by atoms with Gasteiger partial charge in [-0.2, -0.15) is 13.2 Å². The molecule has 0 fully saturated rings. The van der Waals surface area contributed by atoms with E-state index >= 15 is 0 Å². The number of aliphatic carboxylic acids is 1. The van der Waals surface area contributed by atoms with Gasteiger partial charge >= 0.3 is 12.1 Å². The van der Waals surface area contributed by atoms with Crippen molar-refractivity contribution in [2.45, 2.75) is 24.5 Å². The molecule has 18 heteroatoms. The molecule has 0 unspecified atom stereocenters. The van der Waals surface area contributed by atoms with E-state index in [2.05, 4.69) is 15.2 Å². The second-order valence-electron chi connectivity index (χ2n) is 8.91. The predicted molar refractivity (Wildman–Crippen MR) is 153 cm³/mol. The average Bonchev–Trinajstić information content (AvgIpc) is 2.91. The fourth-order valence-corrected chi connectivity index (χ4v) is 4.87. The van der Waals surface area contributed by atoms with E-state index in [0.29, 0.717) is 11.1 Å². The van der Waals surface area contributed by atoms with E-state index < -0.39 is 33.6 Å². The number of fused-ring (bicyclic) bond motifs is 1. The summed E-state index contributed by atoms with van der Waals surface area (Å²) in [5.74, 6) is -3.48. The Labute approximate surface area is 243 Å². The van der Waals surface area contributed by atoms with Crippen LogP contribution in [0.15, 0.2) is 63.4 Å². The molecule has 0 saturated heterocycles. The molecule has 1 heterocycles. The molecule has 0 radical (unpaired) electrons. The molecule has 0 spiro atoms. The van der Waals surface area contributed by atoms with Crippen molar-refractivity contribution >= 4 is 50.0 Å². The molecule has 14 nitrogen and oxygen atoms in total. The lowest BCUT2D eigenvalue weighted by Crippen LogP contribution is -2.36. The normalized spacial score (nSPS) is 11.1. The van der Waals surface area contributed by atoms with Gasteiger partial charge in [-0.1, -0.05) is 24.3 Å². The number of aryl methyl sites for hydroxylation is 1. The first-order valence-electron chi connectivity index (χ1n) is 12.2. The molecule has 0 bridgehead atoms. The summed E-state index contributed by atoms with van der Waals surface area (Å²) >= 11 is 0. The van der Waals surface area contributed by atoms with Crippen LogP contribution in [0.3, 0.4) is 0 Å². The fraction of sp³-hybridized carbons (Fsp3) is 0.280. The minimum absolute atomic E-state index is 0.0257. The first-order valence-corrected chi connectivity index (χ1v) is 13.6. The van der Waals surface area contributed by atoms with Crippen LogP contribution >= 0.6 is 0 Å². The lowest BCUT2D eigenvalue weighted by atomic mass is 10.1. The molecule has 0 saturated carbocycles. The Balaban J connectivity index is 0.000000821. The average molecular weight is 630 g/mol. The van der Waals surface area contributed by atoms with E-state index in [4.69, 9.17) is 26.2 Å². The molecule has 1 amide bonds. The number of aromatic nitrogens is 1. The van der Waals surface area contributed by atoms with Gasteiger partial charge in [0.15, 0.2) is 0 Å². The monoisotopic (exact) mass is 629 g/mol. The summed E-state index contributed by atoms with van der Waals surface area (Å²) in [5, 5.41) is 14.3. The maximum Gasteiger partial charge on any atom is 0.490 e. The Morgan fingerprint density at radius 3 is 2.26 bits per heavy atom. The van der Waals surface area contributed by atoms with Crippen molar-refractivity contribution in [3.63, 3.8) is 0 Å². The number of guanidine groups is 1. The highest BCUT2D eigenvalue weighted by atomic mass is 32.2. The Kier molecular flexibility index (Phi) is 11.3. The summed E-state index contributed by atoms with van der Waals surface area (Å²) in [7, 11) is -0.380. The number of nitrogens with zero attached hydrogens (tertiary/aromatic N) is 3. The highest BCUT2D eigenvalue weighted by Crippen LogP contribution is 2.30. The van der Waals surface area contributed by atoms with Crippen LogP contribution < -0.4 is 32.0 Å². The van der Waals surface area contributed by atoms with E-state index in [-0.39, 0.29) is 36.2 Å². The molecule has 0 aliphatic carbocycles. The van der Waals surface area contributed by atoms with E-state index in [1.807, 2.05) is 31.1 Å². The van der Waals surface area contributed by atoms with Gasteiger partial charge in [-0.05, 0) is 36.3 Å². The zero-order valence-electron chi connectivity index (χ0n) is 23.2. The molecule has 0 atom stereocenters. The van der Waals surface area contributed by atoms with Crippen LogP contribution in [0.1, 0.15) is 5.69 Å². The summed E-state index contributed by atoms with van der Waals surface area (Å²) in [4.78, 5) is 41.0. The first kappa shape index (κ1) is 34.2. The van der Waals surface area contributed by atoms with E-state index in [0.717, 1.165) is 11.1 Å². The van der Waals surface area contributed by atoms with Crippen molar-refractivity contribution < 1.29 is 41.1 Å². The van der Waals surface area contributed by atoms with E-state index in [1.165, 1.54) is 16.7 Å². The summed E-state index contributed by atoms with van der Waals surface area (Å²) in [6.45, 7) is 1.45. The van der Waals surface area contributed by atoms with Gasteiger partial charge in [-0.25, -0.2) is 13.2 Å². The summed E-state index contributed by atoms with van der Waals surface area (Å²) in [6, 6.07) is 13.3. The Bertz CT molecular complexity index is 1670. The summed E-state index contributed by atoms with van der Waals surface area (Å²) < 4.78 is 62.0. The predicted octanol–water partition coefficient (Wildman–Crippen LogP) is 1.13. The van der Waals surface area contributed by atoms with Crippen LogP contribution in [-0.2, 0) is 31.0 Å². The number of pyridine rings is 1. The zero-order valence-corrected chi connectivity index (χ0v) is 24.0. The second kappa shape index (κ2) is 14.3. The van der Waals surface area contributed by atoms with Gasteiger partial charge < -0.3 is 36.2 Å². The number of nitrogens with two attached hydrogens (primary N) is 2. The third-order valence-electron chi connectivity index (χ3n) is 5.50. The van der Waals surface area contributed by atoms with Crippen LogP contribution in [0.2, 0.25) is 0 Å². The Morgan fingerprint density at radius 2 is 1.67 bits per heavy atom. The van der Waals surface area contributed by atoms with Gasteiger partial charge in [-0.3, -0.25) is 14.3 Å². The molecular weight excluding hydrogens is 599 g/mol. The maximum atomic E-state index is 13.3. The van der Waals surface area contributed by atoms with Crippen molar-refractivity contribution in [2.24, 2.45) is 16.6 Å². The third kappa shape index (κ3) is 9.52. The molecule has 43 heavy (non-hydrogen) atoms. The number of carboxylic acids is 1. The van der Waals surface area contributed by atoms with Crippen molar-refractivity contribution in [3.8, 4) is 0 Å². The van der Waals surface area contributed by atoms with Crippen LogP contribution in [0, 0.1) is 6.92 Å². The van der Waals surface area contributed by atoms with Gasteiger partial charge in [0.25, 0.3) is 15.6 Å². The highest BCUT2D eigenvalue weighted by molar-refractivity contribution is 7.93. The third-order valence-corrected chi connectivity index (χ3v) is 6.92. The molecule has 0 aliphatic heterocycles. The minimum atomic E-state index is -5.08. The molecule has 7 N–H and O–H groups in total. The topological polar surface area (TPSA) is 211 Å². The highest BCUT2D eigenvalue weighted by Gasteiger charge is 2.38. The number of carbonyl (C=O) groups is 2. The van der Waals surface area contributed by atoms with Gasteiger partial charge in [0.05, 0.1) is 11.4 Å². The number of hydrogen-bond donors (Lipinski definition) is 5. The van der Waals surface area contributed by atoms with Crippen molar-refractivity contribution in [1.29, 1.82) is 0 Å². The fourth-order valence-electron chi connectivity index (χ4n) is 3.59. The number of sulfonamides is 1. The standard InChI is InChI=1S/C23H29N7O5S.C2HF3O2/c1-15-10-11-18(22(32)30(15)14-21(31)26-12-13-35-27-23(24)25)28-36(33,34)20-9-5-6-16-17(20)7-4-8-19(16)29(2)3;3-2(4,5)1(6)7/h4-11,28H,12-14H2,1-3H3,(H,26,31)(H4,24,25,27);(H,6,7). The number of carboxylic acid groups (broad SMARTS) is 1. The number of benzene rings is 2. The number of hydrogen-bond acceptors (Lipinski definition) is 8. The Morgan fingerprint density at radius 1 is 1.07 bits per heavy atom. The number of oxime groups is 1. The number of carbonyl (C=O) groups excluding carboxylic acids is 1. The largest absolute Gasteiger partial charge is 0.490 e. The zero-order chi connectivity index (χ0) is 32.5. The van der Waals surface area contributed by atoms with Gasteiger partial charge in [0.2, 0.25) is 11.9 Å². The number of amides is 1. The van der Waals surface area contributed by atoms with Crippen LogP contribution in [0.25, 0.3) is 10.8 Å². The molecule has 2 aromatic carbocycles. The van der Waals surface area contributed by atoms with Crippen LogP contribution in [-0.4, -0.2) is 69.4 Å². The minimum Gasteiger partial charge on any atom is -0.475 e. The van der Waals surface area contributed by atoms with Crippen molar-refractivity contribution in [3.05, 3.63) is 64.6 Å². The smallest absolute Gasteiger partial charge is 0.475 e. The number of halogens is 3.